The molecule has 3 aliphatic rings. The minimum Gasteiger partial charge on any atom is -0.396 e. The van der Waals surface area contributed by atoms with E-state index in [-0.39, 0.29) is 35.6 Å². The molecule has 20 heavy (non-hydrogen) atoms. The third-order valence-corrected chi connectivity index (χ3v) is 4.78. The summed E-state index contributed by atoms with van der Waals surface area (Å²) < 4.78 is 5.68. The zero-order chi connectivity index (χ0) is 14.3. The van der Waals surface area contributed by atoms with Gasteiger partial charge in [-0.05, 0) is 0 Å². The molecule has 0 bridgehead atoms. The van der Waals surface area contributed by atoms with Crippen LogP contribution in [0, 0.1) is 5.92 Å². The molecule has 8 nitrogen and oxygen atoms in total. The van der Waals surface area contributed by atoms with Crippen LogP contribution in [0.1, 0.15) is 6.42 Å². The molecular weight excluding hydrogens is 284 g/mol. The van der Waals surface area contributed by atoms with Gasteiger partial charge < -0.3 is 20.7 Å². The first-order chi connectivity index (χ1) is 9.63. The van der Waals surface area contributed by atoms with E-state index in [0.29, 0.717) is 6.42 Å². The molecule has 0 aliphatic carbocycles. The highest BCUT2D eigenvalue weighted by Gasteiger charge is 2.49. The van der Waals surface area contributed by atoms with Gasteiger partial charge in [-0.25, -0.2) is 9.98 Å². The number of aliphatic hydroxyl groups excluding tert-OH is 2. The lowest BCUT2D eigenvalue weighted by atomic mass is 10.0. The predicted molar refractivity (Wildman–Crippen MR) is 73.5 cm³/mol. The van der Waals surface area contributed by atoms with Gasteiger partial charge in [0.15, 0.2) is 0 Å². The number of thioether (sulfide) groups is 1. The molecule has 3 aliphatic heterocycles. The molecule has 3 rings (SSSR count). The van der Waals surface area contributed by atoms with Crippen molar-refractivity contribution in [3.05, 3.63) is 0 Å². The van der Waals surface area contributed by atoms with Gasteiger partial charge in [-0.3, -0.25) is 9.69 Å². The molecule has 2 fully saturated rings. The van der Waals surface area contributed by atoms with E-state index >= 15 is 0 Å². The minimum atomic E-state index is -0.498. The average Bonchev–Trinajstić information content (AvgIpc) is 2.97. The molecule has 1 amide bonds. The van der Waals surface area contributed by atoms with Gasteiger partial charge in [-0.1, -0.05) is 11.8 Å². The Bertz CT molecular complexity index is 459. The van der Waals surface area contributed by atoms with Gasteiger partial charge in [0, 0.05) is 25.2 Å². The van der Waals surface area contributed by atoms with Crippen LogP contribution in [0.4, 0.5) is 4.79 Å². The normalized spacial score (nSPS) is 40.1. The lowest BCUT2D eigenvalue weighted by molar-refractivity contribution is -0.0623. The quantitative estimate of drug-likeness (QED) is 0.612. The van der Waals surface area contributed by atoms with Gasteiger partial charge in [0.25, 0.3) is 5.24 Å². The molecule has 110 valence electrons. The summed E-state index contributed by atoms with van der Waals surface area (Å²) in [5.41, 5.74) is 5.59. The molecule has 0 spiro atoms. The summed E-state index contributed by atoms with van der Waals surface area (Å²) in [5, 5.41) is 18.2. The number of ether oxygens (including phenoxy) is 1. The maximum atomic E-state index is 12.1. The van der Waals surface area contributed by atoms with Crippen LogP contribution in [0.2, 0.25) is 0 Å². The lowest BCUT2D eigenvalue weighted by Crippen LogP contribution is -2.45. The van der Waals surface area contributed by atoms with Gasteiger partial charge >= 0.3 is 0 Å². The number of aliphatic hydroxyl groups is 2. The van der Waals surface area contributed by atoms with Crippen molar-refractivity contribution in [2.45, 2.75) is 30.2 Å². The first-order valence-electron chi connectivity index (χ1n) is 6.37. The highest BCUT2D eigenvalue weighted by molar-refractivity contribution is 8.15. The smallest absolute Gasteiger partial charge is 0.286 e. The number of hydrogen-bond donors (Lipinski definition) is 3. The Labute approximate surface area is 119 Å². The number of amides is 1. The van der Waals surface area contributed by atoms with E-state index in [1.807, 2.05) is 0 Å². The average molecular weight is 300 g/mol. The molecule has 2 saturated heterocycles. The first-order valence-corrected chi connectivity index (χ1v) is 7.25. The number of guanidine groups is 1. The topological polar surface area (TPSA) is 121 Å². The zero-order valence-electron chi connectivity index (χ0n) is 10.6. The van der Waals surface area contributed by atoms with E-state index in [1.54, 1.807) is 6.21 Å². The number of carbonyl (C=O) groups excluding carboxylic acids is 1. The Kier molecular flexibility index (Phi) is 3.67. The third-order valence-electron chi connectivity index (χ3n) is 3.73. The molecule has 9 heteroatoms. The number of rotatable bonds is 3. The minimum absolute atomic E-state index is 0.0855. The maximum Gasteiger partial charge on any atom is 0.286 e. The monoisotopic (exact) mass is 300 g/mol. The fourth-order valence-corrected chi connectivity index (χ4v) is 3.71. The van der Waals surface area contributed by atoms with Gasteiger partial charge in [-0.2, -0.15) is 0 Å². The van der Waals surface area contributed by atoms with Crippen molar-refractivity contribution in [3.8, 4) is 0 Å². The van der Waals surface area contributed by atoms with Crippen LogP contribution >= 0.6 is 11.8 Å². The highest BCUT2D eigenvalue weighted by Crippen LogP contribution is 2.39. The van der Waals surface area contributed by atoms with Crippen molar-refractivity contribution in [1.82, 2.24) is 4.90 Å². The number of carbonyl (C=O) groups is 1. The van der Waals surface area contributed by atoms with E-state index in [1.165, 1.54) is 4.90 Å². The summed E-state index contributed by atoms with van der Waals surface area (Å²) in [6, 6.07) is 0. The van der Waals surface area contributed by atoms with Gasteiger partial charge in [0.05, 0.1) is 18.0 Å². The molecule has 0 aromatic heterocycles. The van der Waals surface area contributed by atoms with Gasteiger partial charge in [0.2, 0.25) is 5.96 Å². The summed E-state index contributed by atoms with van der Waals surface area (Å²) in [4.78, 5) is 21.8. The second-order valence-electron chi connectivity index (χ2n) is 4.92. The van der Waals surface area contributed by atoms with Crippen molar-refractivity contribution in [3.63, 3.8) is 0 Å². The van der Waals surface area contributed by atoms with Crippen molar-refractivity contribution < 1.29 is 19.7 Å². The summed E-state index contributed by atoms with van der Waals surface area (Å²) in [6.45, 7) is -0.268. The van der Waals surface area contributed by atoms with Crippen molar-refractivity contribution >= 4 is 29.2 Å². The Hall–Kier alpha value is -1.16. The number of hydrogen-bond acceptors (Lipinski definition) is 8. The Morgan fingerprint density at radius 3 is 2.95 bits per heavy atom. The Morgan fingerprint density at radius 2 is 2.30 bits per heavy atom. The Balaban J connectivity index is 1.80. The van der Waals surface area contributed by atoms with Crippen LogP contribution < -0.4 is 5.73 Å². The number of fused-ring (bicyclic) bond motifs is 1. The van der Waals surface area contributed by atoms with Crippen LogP contribution in [0.5, 0.6) is 0 Å². The molecule has 4 N–H and O–H groups in total. The van der Waals surface area contributed by atoms with Crippen molar-refractivity contribution in [1.29, 1.82) is 0 Å². The second kappa shape index (κ2) is 5.32. The molecule has 0 aromatic carbocycles. The van der Waals surface area contributed by atoms with Crippen molar-refractivity contribution in [2.75, 3.05) is 13.2 Å². The highest BCUT2D eigenvalue weighted by atomic mass is 32.2. The zero-order valence-corrected chi connectivity index (χ0v) is 11.4. The van der Waals surface area contributed by atoms with Crippen LogP contribution in [0.25, 0.3) is 0 Å². The van der Waals surface area contributed by atoms with Crippen molar-refractivity contribution in [2.24, 2.45) is 21.6 Å². The summed E-state index contributed by atoms with van der Waals surface area (Å²) in [6.07, 6.45) is 0.719. The maximum absolute atomic E-state index is 12.1. The number of nitrogens with zero attached hydrogens (tertiary/aromatic N) is 3. The predicted octanol–water partition coefficient (Wildman–Crippen LogP) is -1.04. The van der Waals surface area contributed by atoms with Crippen LogP contribution in [-0.2, 0) is 4.74 Å². The molecule has 2 unspecified atom stereocenters. The largest absolute Gasteiger partial charge is 0.396 e. The third kappa shape index (κ3) is 2.20. The molecule has 0 saturated carbocycles. The molecule has 5 atom stereocenters. The lowest BCUT2D eigenvalue weighted by Gasteiger charge is -2.29. The van der Waals surface area contributed by atoms with E-state index in [2.05, 4.69) is 9.98 Å². The van der Waals surface area contributed by atoms with Gasteiger partial charge in [0.1, 0.15) is 12.4 Å². The van der Waals surface area contributed by atoms with E-state index in [0.717, 1.165) is 11.8 Å². The van der Waals surface area contributed by atoms with E-state index < -0.39 is 18.5 Å². The van der Waals surface area contributed by atoms with Crippen LogP contribution in [0.3, 0.4) is 0 Å². The second-order valence-corrected chi connectivity index (χ2v) is 6.05. The SMILES string of the molecule is NC1=NC2C(C=N1)SC(=O)N2[C@H]1C[C@H](CO)[C@@H](CO)O1. The van der Waals surface area contributed by atoms with Gasteiger partial charge in [-0.15, -0.1) is 0 Å². The summed E-state index contributed by atoms with van der Waals surface area (Å²) >= 11 is 1.13. The van der Waals surface area contributed by atoms with E-state index in [9.17, 15) is 15.0 Å². The molecule has 3 heterocycles. The number of aliphatic imine (C=N–C) groups is 2. The first kappa shape index (κ1) is 13.8. The fraction of sp³-hybridized carbons (Fsp3) is 0.727. The summed E-state index contributed by atoms with van der Waals surface area (Å²) in [5.74, 6) is -0.0394. The molecule has 0 aromatic rings. The standard InChI is InChI=1S/C11H16N4O4S/c12-10-13-2-7-9(14-10)15(11(18)20-7)8-1-5(3-16)6(4-17)19-8/h2,5-9,16-17H,1,3-4H2,(H2,12,14)/t5-,6-,7?,8-,9?/m1/s1. The van der Waals surface area contributed by atoms with Crippen LogP contribution in [-0.4, -0.2) is 69.5 Å². The number of nitrogens with two attached hydrogens (primary N) is 1. The summed E-state index contributed by atoms with van der Waals surface area (Å²) in [7, 11) is 0. The Morgan fingerprint density at radius 1 is 1.50 bits per heavy atom. The molecule has 0 radical (unpaired) electrons. The van der Waals surface area contributed by atoms with Crippen LogP contribution in [0.15, 0.2) is 9.98 Å². The molecular formula is C11H16N4O4S. The van der Waals surface area contributed by atoms with E-state index in [4.69, 9.17) is 10.5 Å². The fourth-order valence-electron chi connectivity index (χ4n) is 2.70.